The lowest BCUT2D eigenvalue weighted by atomic mass is 10.0. The fraction of sp³-hybridized carbons (Fsp3) is 0.455. The van der Waals surface area contributed by atoms with Crippen molar-refractivity contribution >= 4 is 10.0 Å². The van der Waals surface area contributed by atoms with Crippen molar-refractivity contribution < 1.29 is 13.5 Å². The Morgan fingerprint density at radius 1 is 1.31 bits per heavy atom. The third kappa shape index (κ3) is 2.61. The topological polar surface area (TPSA) is 66.4 Å². The van der Waals surface area contributed by atoms with E-state index in [2.05, 4.69) is 4.72 Å². The second kappa shape index (κ2) is 3.84. The van der Waals surface area contributed by atoms with Gasteiger partial charge in [0.05, 0.1) is 11.9 Å². The van der Waals surface area contributed by atoms with Crippen LogP contribution in [-0.4, -0.2) is 31.9 Å². The molecule has 0 unspecified atom stereocenters. The van der Waals surface area contributed by atoms with E-state index < -0.39 is 15.6 Å². The Morgan fingerprint density at radius 2 is 1.81 bits per heavy atom. The van der Waals surface area contributed by atoms with E-state index in [1.54, 1.807) is 0 Å². The highest BCUT2D eigenvalue weighted by Gasteiger charge is 2.35. The molecule has 1 aliphatic rings. The van der Waals surface area contributed by atoms with Crippen LogP contribution in [0.5, 0.6) is 0 Å². The van der Waals surface area contributed by atoms with Crippen molar-refractivity contribution in [2.24, 2.45) is 0 Å². The molecule has 0 spiro atoms. The molecule has 0 bridgehead atoms. The molecule has 5 heteroatoms. The maximum absolute atomic E-state index is 11.0. The standard InChI is InChI=1S/C11H15NO3S/c1-16(14,15)12-8-11(13)6-9-4-2-3-5-10(9)7-11/h2-5,12-13H,6-8H2,1H3. The average molecular weight is 241 g/mol. The number of rotatable bonds is 3. The zero-order valence-corrected chi connectivity index (χ0v) is 9.92. The van der Waals surface area contributed by atoms with Gasteiger partial charge in [0.2, 0.25) is 10.0 Å². The van der Waals surface area contributed by atoms with Crippen molar-refractivity contribution in [3.05, 3.63) is 35.4 Å². The molecule has 0 aliphatic heterocycles. The van der Waals surface area contributed by atoms with Crippen molar-refractivity contribution in [3.63, 3.8) is 0 Å². The van der Waals surface area contributed by atoms with Crippen molar-refractivity contribution in [3.8, 4) is 0 Å². The Bertz CT molecular complexity index is 471. The van der Waals surface area contributed by atoms with Crippen LogP contribution in [0.2, 0.25) is 0 Å². The molecule has 16 heavy (non-hydrogen) atoms. The van der Waals surface area contributed by atoms with Crippen LogP contribution in [0.3, 0.4) is 0 Å². The van der Waals surface area contributed by atoms with Crippen molar-refractivity contribution in [2.45, 2.75) is 18.4 Å². The normalized spacial score (nSPS) is 18.4. The van der Waals surface area contributed by atoms with Gasteiger partial charge in [-0.25, -0.2) is 13.1 Å². The molecule has 0 aromatic heterocycles. The first-order chi connectivity index (χ1) is 7.38. The third-order valence-electron chi connectivity index (χ3n) is 2.82. The molecule has 88 valence electrons. The molecule has 0 radical (unpaired) electrons. The summed E-state index contributed by atoms with van der Waals surface area (Å²) in [7, 11) is -3.25. The van der Waals surface area contributed by atoms with Gasteiger partial charge in [-0.2, -0.15) is 0 Å². The van der Waals surface area contributed by atoms with Gasteiger partial charge in [-0.1, -0.05) is 24.3 Å². The van der Waals surface area contributed by atoms with Crippen LogP contribution in [0.25, 0.3) is 0 Å². The van der Waals surface area contributed by atoms with Gasteiger partial charge in [-0.3, -0.25) is 0 Å². The van der Waals surface area contributed by atoms with Gasteiger partial charge in [0, 0.05) is 19.4 Å². The summed E-state index contributed by atoms with van der Waals surface area (Å²) in [5, 5.41) is 10.2. The minimum atomic E-state index is -3.25. The fourth-order valence-electron chi connectivity index (χ4n) is 2.06. The van der Waals surface area contributed by atoms with Crippen LogP contribution in [0, 0.1) is 0 Å². The monoisotopic (exact) mass is 241 g/mol. The molecule has 1 aliphatic carbocycles. The summed E-state index contributed by atoms with van der Waals surface area (Å²) in [6.45, 7) is 0.0700. The second-order valence-electron chi connectivity index (χ2n) is 4.44. The quantitative estimate of drug-likeness (QED) is 0.786. The Balaban J connectivity index is 2.09. The molecule has 2 rings (SSSR count). The number of fused-ring (bicyclic) bond motifs is 1. The molecular formula is C11H15NO3S. The first kappa shape index (κ1) is 11.6. The van der Waals surface area contributed by atoms with E-state index in [0.29, 0.717) is 12.8 Å². The summed E-state index contributed by atoms with van der Waals surface area (Å²) in [6, 6.07) is 7.78. The Hall–Kier alpha value is -0.910. The lowest BCUT2D eigenvalue weighted by molar-refractivity contribution is 0.0568. The number of sulfonamides is 1. The number of nitrogens with one attached hydrogen (secondary N) is 1. The number of aliphatic hydroxyl groups is 1. The van der Waals surface area contributed by atoms with Gasteiger partial charge >= 0.3 is 0 Å². The predicted molar refractivity (Wildman–Crippen MR) is 61.6 cm³/mol. The summed E-state index contributed by atoms with van der Waals surface area (Å²) in [5.74, 6) is 0. The Labute approximate surface area is 95.4 Å². The molecule has 0 atom stereocenters. The molecule has 1 aromatic carbocycles. The van der Waals surface area contributed by atoms with Crippen LogP contribution in [-0.2, 0) is 22.9 Å². The van der Waals surface area contributed by atoms with E-state index in [1.165, 1.54) is 0 Å². The van der Waals surface area contributed by atoms with E-state index in [1.807, 2.05) is 24.3 Å². The van der Waals surface area contributed by atoms with E-state index >= 15 is 0 Å². The van der Waals surface area contributed by atoms with Crippen molar-refractivity contribution in [2.75, 3.05) is 12.8 Å². The Morgan fingerprint density at radius 3 is 2.25 bits per heavy atom. The van der Waals surface area contributed by atoms with Crippen LogP contribution >= 0.6 is 0 Å². The molecule has 0 amide bonds. The van der Waals surface area contributed by atoms with Crippen molar-refractivity contribution in [1.29, 1.82) is 0 Å². The molecule has 0 saturated carbocycles. The summed E-state index contributed by atoms with van der Waals surface area (Å²) in [4.78, 5) is 0. The first-order valence-electron chi connectivity index (χ1n) is 5.12. The highest BCUT2D eigenvalue weighted by molar-refractivity contribution is 7.88. The SMILES string of the molecule is CS(=O)(=O)NCC1(O)Cc2ccccc2C1. The van der Waals surface area contributed by atoms with Crippen LogP contribution in [0.1, 0.15) is 11.1 Å². The molecule has 2 N–H and O–H groups in total. The van der Waals surface area contributed by atoms with E-state index in [-0.39, 0.29) is 6.54 Å². The fourth-order valence-corrected chi connectivity index (χ4v) is 2.60. The van der Waals surface area contributed by atoms with E-state index in [4.69, 9.17) is 0 Å². The summed E-state index contributed by atoms with van der Waals surface area (Å²) in [6.07, 6.45) is 2.11. The zero-order chi connectivity index (χ0) is 11.8. The van der Waals surface area contributed by atoms with E-state index in [9.17, 15) is 13.5 Å². The van der Waals surface area contributed by atoms with Crippen LogP contribution in [0.4, 0.5) is 0 Å². The molecule has 0 saturated heterocycles. The Kier molecular flexibility index (Phi) is 2.77. The minimum absolute atomic E-state index is 0.0700. The predicted octanol–water partition coefficient (Wildman–Crippen LogP) is 0.0655. The number of benzene rings is 1. The second-order valence-corrected chi connectivity index (χ2v) is 6.27. The van der Waals surface area contributed by atoms with Crippen LogP contribution < -0.4 is 4.72 Å². The molecule has 1 aromatic rings. The lowest BCUT2D eigenvalue weighted by Gasteiger charge is -2.21. The third-order valence-corrected chi connectivity index (χ3v) is 3.49. The van der Waals surface area contributed by atoms with Gasteiger partial charge < -0.3 is 5.11 Å². The van der Waals surface area contributed by atoms with Crippen LogP contribution in [0.15, 0.2) is 24.3 Å². The maximum atomic E-state index is 11.0. The van der Waals surface area contributed by atoms with Crippen molar-refractivity contribution in [1.82, 2.24) is 4.72 Å². The first-order valence-corrected chi connectivity index (χ1v) is 7.01. The molecule has 0 fully saturated rings. The smallest absolute Gasteiger partial charge is 0.208 e. The minimum Gasteiger partial charge on any atom is -0.388 e. The van der Waals surface area contributed by atoms with Gasteiger partial charge in [-0.05, 0) is 11.1 Å². The van der Waals surface area contributed by atoms with Gasteiger partial charge in [0.1, 0.15) is 0 Å². The number of hydrogen-bond acceptors (Lipinski definition) is 3. The highest BCUT2D eigenvalue weighted by Crippen LogP contribution is 2.29. The zero-order valence-electron chi connectivity index (χ0n) is 9.10. The molecule has 4 nitrogen and oxygen atoms in total. The van der Waals surface area contributed by atoms with E-state index in [0.717, 1.165) is 17.4 Å². The highest BCUT2D eigenvalue weighted by atomic mass is 32.2. The summed E-state index contributed by atoms with van der Waals surface area (Å²) >= 11 is 0. The van der Waals surface area contributed by atoms with Gasteiger partial charge in [0.25, 0.3) is 0 Å². The summed E-state index contributed by atoms with van der Waals surface area (Å²) in [5.41, 5.74) is 1.22. The molecular weight excluding hydrogens is 226 g/mol. The number of hydrogen-bond donors (Lipinski definition) is 2. The lowest BCUT2D eigenvalue weighted by Crippen LogP contribution is -2.43. The van der Waals surface area contributed by atoms with Gasteiger partial charge in [0.15, 0.2) is 0 Å². The van der Waals surface area contributed by atoms with Gasteiger partial charge in [-0.15, -0.1) is 0 Å². The average Bonchev–Trinajstić information content (AvgIpc) is 2.51. The summed E-state index contributed by atoms with van der Waals surface area (Å²) < 4.78 is 24.3. The molecule has 0 heterocycles. The maximum Gasteiger partial charge on any atom is 0.208 e. The largest absolute Gasteiger partial charge is 0.388 e.